The molecule has 2 rings (SSSR count). The van der Waals surface area contributed by atoms with E-state index in [1.165, 1.54) is 173 Å². The maximum atomic E-state index is 13.1. The number of hydrogen-bond acceptors (Lipinski definition) is 13. The first-order valence-electron chi connectivity index (χ1n) is 28.4. The molecule has 9 N–H and O–H groups in total. The third-order valence-electron chi connectivity index (χ3n) is 14.2. The molecule has 12 atom stereocenters. The van der Waals surface area contributed by atoms with Crippen LogP contribution in [0.3, 0.4) is 0 Å². The van der Waals surface area contributed by atoms with Crippen molar-refractivity contribution in [1.29, 1.82) is 0 Å². The molecule has 0 aromatic rings. The van der Waals surface area contributed by atoms with Crippen LogP contribution in [0, 0.1) is 0 Å². The first kappa shape index (κ1) is 63.8. The summed E-state index contributed by atoms with van der Waals surface area (Å²) in [4.78, 5) is 13.1. The molecule has 2 fully saturated rings. The summed E-state index contributed by atoms with van der Waals surface area (Å²) < 4.78 is 22.7. The molecule has 14 nitrogen and oxygen atoms in total. The summed E-state index contributed by atoms with van der Waals surface area (Å²) >= 11 is 0. The van der Waals surface area contributed by atoms with Gasteiger partial charge < -0.3 is 65.1 Å². The van der Waals surface area contributed by atoms with Crippen LogP contribution < -0.4 is 5.32 Å². The van der Waals surface area contributed by atoms with Gasteiger partial charge in [0, 0.05) is 6.42 Å². The Morgan fingerprint density at radius 2 is 0.899 bits per heavy atom. The molecule has 14 heteroatoms. The fourth-order valence-corrected chi connectivity index (χ4v) is 9.59. The second-order valence-corrected chi connectivity index (χ2v) is 20.4. The number of carbonyl (C=O) groups excluding carboxylic acids is 1. The zero-order chi connectivity index (χ0) is 50.3. The highest BCUT2D eigenvalue weighted by atomic mass is 16.7. The van der Waals surface area contributed by atoms with Crippen LogP contribution in [0.1, 0.15) is 239 Å². The minimum atomic E-state index is -1.78. The van der Waals surface area contributed by atoms with Crippen molar-refractivity contribution < 1.29 is 64.6 Å². The molecule has 0 aliphatic carbocycles. The van der Waals surface area contributed by atoms with Gasteiger partial charge >= 0.3 is 0 Å². The molecular formula is C55H105NO13. The predicted octanol–water partition coefficient (Wildman–Crippen LogP) is 8.72. The van der Waals surface area contributed by atoms with Crippen molar-refractivity contribution in [2.45, 2.75) is 312 Å². The molecular weight excluding hydrogens is 883 g/mol. The second kappa shape index (κ2) is 42.1. The molecule has 0 saturated carbocycles. The largest absolute Gasteiger partial charge is 0.394 e. The first-order chi connectivity index (χ1) is 33.6. The van der Waals surface area contributed by atoms with E-state index in [4.69, 9.17) is 18.9 Å². The smallest absolute Gasteiger partial charge is 0.220 e. The number of hydrogen-bond donors (Lipinski definition) is 9. The highest BCUT2D eigenvalue weighted by Crippen LogP contribution is 2.30. The molecule has 0 aromatic carbocycles. The quantitative estimate of drug-likeness (QED) is 0.0206. The van der Waals surface area contributed by atoms with Gasteiger partial charge in [-0.25, -0.2) is 0 Å². The highest BCUT2D eigenvalue weighted by Gasteiger charge is 2.51. The Morgan fingerprint density at radius 3 is 1.33 bits per heavy atom. The fraction of sp³-hybridized carbons (Fsp3) is 0.945. The van der Waals surface area contributed by atoms with E-state index >= 15 is 0 Å². The van der Waals surface area contributed by atoms with Gasteiger partial charge in [0.25, 0.3) is 0 Å². The van der Waals surface area contributed by atoms with Gasteiger partial charge in [-0.15, -0.1) is 0 Å². The van der Waals surface area contributed by atoms with Crippen molar-refractivity contribution in [2.75, 3.05) is 19.8 Å². The lowest BCUT2D eigenvalue weighted by Gasteiger charge is -2.46. The SMILES string of the molecule is CCCCCCCCCCCCCCCCCCCCCCCCCC/C=C/C(O)C(COC1OC(CO)C(OC2OC(CO)C(O)C(O)C2O)C(O)C1O)NC(=O)CCCCCCCCCCC. The van der Waals surface area contributed by atoms with Crippen LogP contribution in [-0.4, -0.2) is 140 Å². The number of aliphatic hydroxyl groups excluding tert-OH is 8. The lowest BCUT2D eigenvalue weighted by Crippen LogP contribution is -2.65. The highest BCUT2D eigenvalue weighted by molar-refractivity contribution is 5.76. The van der Waals surface area contributed by atoms with E-state index in [1.54, 1.807) is 6.08 Å². The molecule has 69 heavy (non-hydrogen) atoms. The number of rotatable bonds is 45. The standard InChI is InChI=1S/C55H105NO13/c1-3-5-7-9-11-13-14-15-16-17-18-19-20-21-22-23-24-25-26-27-28-29-31-32-34-36-38-44(59)43(56-47(60)39-37-35-33-30-12-10-8-6-4-2)42-66-54-52(65)50(63)53(46(41-58)68-54)69-55-51(64)49(62)48(61)45(40-57)67-55/h36,38,43-46,48-55,57-59,61-65H,3-35,37,39-42H2,1-2H3,(H,56,60)/b38-36+. The zero-order valence-corrected chi connectivity index (χ0v) is 43.6. The minimum Gasteiger partial charge on any atom is -0.394 e. The van der Waals surface area contributed by atoms with Gasteiger partial charge in [0.15, 0.2) is 12.6 Å². The van der Waals surface area contributed by atoms with Crippen LogP contribution in [0.4, 0.5) is 0 Å². The average molecular weight is 988 g/mol. The van der Waals surface area contributed by atoms with Gasteiger partial charge in [0.05, 0.1) is 32.0 Å². The van der Waals surface area contributed by atoms with Gasteiger partial charge in [-0.05, 0) is 19.3 Å². The van der Waals surface area contributed by atoms with Crippen LogP contribution in [0.15, 0.2) is 12.2 Å². The number of aliphatic hydroxyl groups is 8. The molecule has 2 aliphatic rings. The lowest BCUT2D eigenvalue weighted by atomic mass is 9.97. The fourth-order valence-electron chi connectivity index (χ4n) is 9.59. The molecule has 0 radical (unpaired) electrons. The summed E-state index contributed by atoms with van der Waals surface area (Å²) in [6, 6.07) is -0.907. The van der Waals surface area contributed by atoms with E-state index in [1.807, 2.05) is 6.08 Å². The first-order valence-corrected chi connectivity index (χ1v) is 28.4. The molecule has 0 bridgehead atoms. The zero-order valence-electron chi connectivity index (χ0n) is 43.6. The summed E-state index contributed by atoms with van der Waals surface area (Å²) in [5.74, 6) is -0.240. The van der Waals surface area contributed by atoms with E-state index in [0.29, 0.717) is 6.42 Å². The van der Waals surface area contributed by atoms with Gasteiger partial charge in [-0.2, -0.15) is 0 Å². The number of ether oxygens (including phenoxy) is 4. The van der Waals surface area contributed by atoms with Crippen molar-refractivity contribution in [3.05, 3.63) is 12.2 Å². The molecule has 408 valence electrons. The Labute approximate surface area is 418 Å². The predicted molar refractivity (Wildman–Crippen MR) is 272 cm³/mol. The van der Waals surface area contributed by atoms with E-state index < -0.39 is 86.8 Å². The second-order valence-electron chi connectivity index (χ2n) is 20.4. The topological polar surface area (TPSA) is 228 Å². The molecule has 0 aromatic heterocycles. The van der Waals surface area contributed by atoms with E-state index in [9.17, 15) is 45.6 Å². The maximum Gasteiger partial charge on any atom is 0.220 e. The number of unbranched alkanes of at least 4 members (excludes halogenated alkanes) is 32. The van der Waals surface area contributed by atoms with Crippen molar-refractivity contribution in [3.63, 3.8) is 0 Å². The molecule has 12 unspecified atom stereocenters. The van der Waals surface area contributed by atoms with Gasteiger partial charge in [-0.1, -0.05) is 225 Å². The van der Waals surface area contributed by atoms with E-state index in [2.05, 4.69) is 19.2 Å². The summed E-state index contributed by atoms with van der Waals surface area (Å²) in [7, 11) is 0. The minimum absolute atomic E-state index is 0.240. The van der Waals surface area contributed by atoms with Crippen molar-refractivity contribution in [1.82, 2.24) is 5.32 Å². The average Bonchev–Trinajstić information content (AvgIpc) is 3.35. The molecule has 0 spiro atoms. The monoisotopic (exact) mass is 988 g/mol. The van der Waals surface area contributed by atoms with Crippen LogP contribution in [0.5, 0.6) is 0 Å². The number of allylic oxidation sites excluding steroid dienone is 1. The third kappa shape index (κ3) is 28.7. The molecule has 2 heterocycles. The van der Waals surface area contributed by atoms with Crippen molar-refractivity contribution in [3.8, 4) is 0 Å². The van der Waals surface area contributed by atoms with E-state index in [0.717, 1.165) is 38.5 Å². The summed E-state index contributed by atoms with van der Waals surface area (Å²) in [6.45, 7) is 2.78. The van der Waals surface area contributed by atoms with Crippen molar-refractivity contribution >= 4 is 5.91 Å². The number of nitrogens with one attached hydrogen (secondary N) is 1. The Bertz CT molecular complexity index is 1210. The Balaban J connectivity index is 1.71. The summed E-state index contributed by atoms with van der Waals surface area (Å²) in [6.07, 6.45) is 30.0. The van der Waals surface area contributed by atoms with Crippen molar-refractivity contribution in [2.24, 2.45) is 0 Å². The van der Waals surface area contributed by atoms with Crippen LogP contribution in [0.2, 0.25) is 0 Å². The Hall–Kier alpha value is -1.27. The van der Waals surface area contributed by atoms with Crippen LogP contribution >= 0.6 is 0 Å². The summed E-state index contributed by atoms with van der Waals surface area (Å²) in [5, 5.41) is 86.8. The third-order valence-corrected chi connectivity index (χ3v) is 14.2. The molecule has 2 saturated heterocycles. The van der Waals surface area contributed by atoms with Crippen LogP contribution in [-0.2, 0) is 23.7 Å². The van der Waals surface area contributed by atoms with E-state index in [-0.39, 0.29) is 18.9 Å². The lowest BCUT2D eigenvalue weighted by molar-refractivity contribution is -0.359. The number of amides is 1. The normalized spacial score (nSPS) is 26.2. The van der Waals surface area contributed by atoms with Gasteiger partial charge in [0.2, 0.25) is 5.91 Å². The van der Waals surface area contributed by atoms with Crippen LogP contribution in [0.25, 0.3) is 0 Å². The maximum absolute atomic E-state index is 13.1. The molecule has 2 aliphatic heterocycles. The summed E-state index contributed by atoms with van der Waals surface area (Å²) in [5.41, 5.74) is 0. The Morgan fingerprint density at radius 1 is 0.507 bits per heavy atom. The Kier molecular flexibility index (Phi) is 39.0. The molecule has 1 amide bonds. The number of carbonyl (C=O) groups is 1. The van der Waals surface area contributed by atoms with Gasteiger partial charge in [0.1, 0.15) is 48.8 Å². The van der Waals surface area contributed by atoms with Gasteiger partial charge in [-0.3, -0.25) is 4.79 Å².